The molecule has 2 amide bonds. The molecule has 206 valence electrons. The zero-order valence-corrected chi connectivity index (χ0v) is 22.2. The molecule has 12 heteroatoms. The van der Waals surface area contributed by atoms with Crippen molar-refractivity contribution in [2.75, 3.05) is 33.3 Å². The number of H-pyrrole nitrogens is 1. The van der Waals surface area contributed by atoms with Crippen molar-refractivity contribution in [1.29, 1.82) is 0 Å². The monoisotopic (exact) mass is 536 g/mol. The van der Waals surface area contributed by atoms with Crippen LogP contribution >= 0.6 is 0 Å². The number of piperidine rings is 1. The van der Waals surface area contributed by atoms with Crippen molar-refractivity contribution in [3.8, 4) is 17.1 Å². The Bertz CT molecular complexity index is 1340. The molecule has 2 atom stereocenters. The fraction of sp³-hybridized carbons (Fsp3) is 0.519. The van der Waals surface area contributed by atoms with Crippen molar-refractivity contribution in [2.24, 2.45) is 10.9 Å². The van der Waals surface area contributed by atoms with E-state index in [-0.39, 0.29) is 40.8 Å². The molecule has 5 heterocycles. The maximum absolute atomic E-state index is 14.4. The number of rotatable bonds is 6. The van der Waals surface area contributed by atoms with E-state index in [0.29, 0.717) is 30.8 Å². The Kier molecular flexibility index (Phi) is 6.57. The molecule has 2 saturated heterocycles. The van der Waals surface area contributed by atoms with Crippen LogP contribution in [0.1, 0.15) is 49.5 Å². The number of halogens is 1. The number of nitrogens with one attached hydrogen (secondary N) is 2. The highest BCUT2D eigenvalue weighted by molar-refractivity contribution is 5.94. The molecule has 2 N–H and O–H groups in total. The third-order valence-electron chi connectivity index (χ3n) is 8.24. The average Bonchev–Trinajstić information content (AvgIpc) is 3.31. The van der Waals surface area contributed by atoms with Crippen LogP contribution in [-0.2, 0) is 4.79 Å². The van der Waals surface area contributed by atoms with E-state index in [1.165, 1.54) is 13.2 Å². The Balaban J connectivity index is 1.07. The van der Waals surface area contributed by atoms with Crippen LogP contribution in [0.25, 0.3) is 11.3 Å². The molecule has 3 aliphatic heterocycles. The second kappa shape index (κ2) is 10.1. The topological polar surface area (TPSA) is 119 Å². The van der Waals surface area contributed by atoms with Gasteiger partial charge in [-0.25, -0.2) is 14.4 Å². The van der Waals surface area contributed by atoms with Gasteiger partial charge in [-0.3, -0.25) is 19.7 Å². The fourth-order valence-corrected chi connectivity index (χ4v) is 5.97. The molecule has 11 nitrogen and oxygen atoms in total. The van der Waals surface area contributed by atoms with Gasteiger partial charge in [0.25, 0.3) is 5.91 Å². The lowest BCUT2D eigenvalue weighted by atomic mass is 9.87. The fourth-order valence-electron chi connectivity index (χ4n) is 5.97. The Morgan fingerprint density at radius 1 is 1.23 bits per heavy atom. The van der Waals surface area contributed by atoms with Gasteiger partial charge in [0.2, 0.25) is 11.8 Å². The number of ether oxygens (including phenoxy) is 1. The lowest BCUT2D eigenvalue weighted by Crippen LogP contribution is -2.52. The van der Waals surface area contributed by atoms with Crippen molar-refractivity contribution < 1.29 is 18.7 Å². The largest absolute Gasteiger partial charge is 0.481 e. The molecule has 0 bridgehead atoms. The van der Waals surface area contributed by atoms with Crippen LogP contribution in [0, 0.1) is 11.7 Å². The molecule has 0 aromatic carbocycles. The molecular formula is C27H33FN8O3. The molecule has 1 saturated carbocycles. The van der Waals surface area contributed by atoms with E-state index in [2.05, 4.69) is 35.5 Å². The van der Waals surface area contributed by atoms with Gasteiger partial charge in [-0.05, 0) is 45.1 Å². The third kappa shape index (κ3) is 5.00. The van der Waals surface area contributed by atoms with Crippen LogP contribution in [0.15, 0.2) is 35.2 Å². The lowest BCUT2D eigenvalue weighted by molar-refractivity contribution is -0.128. The first kappa shape index (κ1) is 25.5. The smallest absolute Gasteiger partial charge is 0.272 e. The zero-order valence-electron chi connectivity index (χ0n) is 22.2. The standard InChI is InChI=1S/C27H33FN8O3/c1-17-15-35(10-7-29-17)34-8-4-19(16-34)31-25(37)18-3-9-36(27(13-18)5-6-27)26(38)23-12-22(32-33-23)20-11-24(39-2)30-14-21(20)28/h7,11-12,14-15,18-19H,3-6,8-10,13,16H2,1-2H3,(H,31,37)(H,32,33)/t18-,19-/m0/s1. The number of carbonyl (C=O) groups excluding carboxylic acids is 2. The summed E-state index contributed by atoms with van der Waals surface area (Å²) in [5.74, 6) is -0.499. The number of hydrazine groups is 1. The molecule has 2 aromatic heterocycles. The Morgan fingerprint density at radius 3 is 2.85 bits per heavy atom. The quantitative estimate of drug-likeness (QED) is 0.582. The Hall–Kier alpha value is -3.80. The van der Waals surface area contributed by atoms with Crippen molar-refractivity contribution >= 4 is 18.0 Å². The summed E-state index contributed by atoms with van der Waals surface area (Å²) in [5, 5.41) is 14.7. The first-order chi connectivity index (χ1) is 18.8. The maximum Gasteiger partial charge on any atom is 0.272 e. The van der Waals surface area contributed by atoms with Gasteiger partial charge in [0, 0.05) is 61.2 Å². The van der Waals surface area contributed by atoms with Crippen molar-refractivity contribution in [1.82, 2.24) is 35.4 Å². The van der Waals surface area contributed by atoms with Crippen molar-refractivity contribution in [3.05, 3.63) is 41.7 Å². The summed E-state index contributed by atoms with van der Waals surface area (Å²) in [4.78, 5) is 36.8. The second-order valence-corrected chi connectivity index (χ2v) is 10.9. The van der Waals surface area contributed by atoms with Crippen LogP contribution in [-0.4, -0.2) is 93.0 Å². The normalized spacial score (nSPS) is 24.1. The van der Waals surface area contributed by atoms with Crippen LogP contribution in [0.4, 0.5) is 4.39 Å². The van der Waals surface area contributed by atoms with Crippen LogP contribution in [0.5, 0.6) is 5.88 Å². The van der Waals surface area contributed by atoms with E-state index in [4.69, 9.17) is 4.74 Å². The minimum Gasteiger partial charge on any atom is -0.481 e. The van der Waals surface area contributed by atoms with Crippen LogP contribution in [0.3, 0.4) is 0 Å². The van der Waals surface area contributed by atoms with Gasteiger partial charge >= 0.3 is 0 Å². The van der Waals surface area contributed by atoms with E-state index in [0.717, 1.165) is 50.8 Å². The van der Waals surface area contributed by atoms with Gasteiger partial charge in [-0.2, -0.15) is 5.10 Å². The van der Waals surface area contributed by atoms with Gasteiger partial charge in [0.1, 0.15) is 5.69 Å². The number of nitrogens with zero attached hydrogens (tertiary/aromatic N) is 6. The summed E-state index contributed by atoms with van der Waals surface area (Å²) in [7, 11) is 1.45. The van der Waals surface area contributed by atoms with Crippen molar-refractivity contribution in [2.45, 2.75) is 50.6 Å². The number of aromatic amines is 1. The Labute approximate surface area is 226 Å². The third-order valence-corrected chi connectivity index (χ3v) is 8.24. The number of allylic oxidation sites excluding steroid dienone is 1. The number of aliphatic imine (C=N–C) groups is 1. The molecule has 1 aliphatic carbocycles. The number of likely N-dealkylation sites (tertiary alicyclic amines) is 1. The van der Waals surface area contributed by atoms with E-state index in [1.807, 2.05) is 24.2 Å². The number of methoxy groups -OCH3 is 1. The SMILES string of the molecule is COc1cc(-c2cc(C(=O)N3CC[C@H](C(=O)N[C@H]4CCN(N5C=C(C)N=CC5)C4)CC34CC4)[nH]n2)c(F)cn1. The van der Waals surface area contributed by atoms with E-state index in [1.54, 1.807) is 6.07 Å². The summed E-state index contributed by atoms with van der Waals surface area (Å²) in [6.45, 7) is 4.89. The molecule has 6 rings (SSSR count). The van der Waals surface area contributed by atoms with E-state index in [9.17, 15) is 14.0 Å². The number of carbonyl (C=O) groups is 2. The van der Waals surface area contributed by atoms with Crippen LogP contribution in [0.2, 0.25) is 0 Å². The first-order valence-electron chi connectivity index (χ1n) is 13.5. The molecule has 2 aromatic rings. The summed E-state index contributed by atoms with van der Waals surface area (Å²) in [6, 6.07) is 3.12. The molecule has 3 fully saturated rings. The summed E-state index contributed by atoms with van der Waals surface area (Å²) < 4.78 is 19.5. The summed E-state index contributed by atoms with van der Waals surface area (Å²) in [6.07, 6.45) is 8.94. The molecule has 0 unspecified atom stereocenters. The average molecular weight is 537 g/mol. The molecule has 1 spiro atoms. The van der Waals surface area contributed by atoms with Crippen molar-refractivity contribution in [3.63, 3.8) is 0 Å². The number of amides is 2. The number of pyridine rings is 1. The van der Waals surface area contributed by atoms with E-state index < -0.39 is 5.82 Å². The van der Waals surface area contributed by atoms with Gasteiger partial charge in [0.15, 0.2) is 5.82 Å². The van der Waals surface area contributed by atoms with Crippen LogP contribution < -0.4 is 10.1 Å². The highest BCUT2D eigenvalue weighted by atomic mass is 19.1. The number of aromatic nitrogens is 3. The van der Waals surface area contributed by atoms with Gasteiger partial charge in [-0.15, -0.1) is 0 Å². The van der Waals surface area contributed by atoms with Gasteiger partial charge < -0.3 is 20.0 Å². The minimum absolute atomic E-state index is 0.0816. The van der Waals surface area contributed by atoms with Gasteiger partial charge in [0.05, 0.1) is 31.2 Å². The summed E-state index contributed by atoms with van der Waals surface area (Å²) in [5.41, 5.74) is 1.49. The first-order valence-corrected chi connectivity index (χ1v) is 13.5. The number of hydrogen-bond acceptors (Lipinski definition) is 8. The number of hydrogen-bond donors (Lipinski definition) is 2. The second-order valence-electron chi connectivity index (χ2n) is 10.9. The minimum atomic E-state index is -0.548. The lowest BCUT2D eigenvalue weighted by Gasteiger charge is -2.39. The zero-order chi connectivity index (χ0) is 27.1. The molecule has 0 radical (unpaired) electrons. The summed E-state index contributed by atoms with van der Waals surface area (Å²) >= 11 is 0. The molecule has 39 heavy (non-hydrogen) atoms. The molecular weight excluding hydrogens is 503 g/mol. The highest BCUT2D eigenvalue weighted by Gasteiger charge is 2.54. The van der Waals surface area contributed by atoms with E-state index >= 15 is 0 Å². The maximum atomic E-state index is 14.4. The Morgan fingerprint density at radius 2 is 2.08 bits per heavy atom. The van der Waals surface area contributed by atoms with Gasteiger partial charge in [-0.1, -0.05) is 0 Å². The highest BCUT2D eigenvalue weighted by Crippen LogP contribution is 2.50. The predicted molar refractivity (Wildman–Crippen MR) is 141 cm³/mol. The predicted octanol–water partition coefficient (Wildman–Crippen LogP) is 2.36. The molecule has 4 aliphatic rings.